The van der Waals surface area contributed by atoms with Gasteiger partial charge in [0.1, 0.15) is 5.75 Å². The van der Waals surface area contributed by atoms with Gasteiger partial charge in [-0.2, -0.15) is 0 Å². The van der Waals surface area contributed by atoms with Crippen molar-refractivity contribution in [3.05, 3.63) is 28.8 Å². The molecule has 0 aromatic heterocycles. The summed E-state index contributed by atoms with van der Waals surface area (Å²) in [5.74, 6) is 0.796. The normalized spacial score (nSPS) is 10.9. The molecule has 102 valence electrons. The fraction of sp³-hybridized carbons (Fsp3) is 0.600. The Bertz CT molecular complexity index is 350. The molecule has 0 N–H and O–H groups in total. The molecule has 3 heteroatoms. The molecule has 1 aromatic carbocycles. The summed E-state index contributed by atoms with van der Waals surface area (Å²) in [6, 6.07) is 5.91. The molecule has 0 saturated heterocycles. The van der Waals surface area contributed by atoms with Crippen LogP contribution in [0.3, 0.4) is 0 Å². The van der Waals surface area contributed by atoms with Crippen molar-refractivity contribution in [2.45, 2.75) is 33.6 Å². The maximum Gasteiger partial charge on any atom is 0.137 e. The fourth-order valence-electron chi connectivity index (χ4n) is 1.88. The molecule has 2 nitrogen and oxygen atoms in total. The lowest BCUT2D eigenvalue weighted by atomic mass is 10.2. The Labute approximate surface area is 116 Å². The lowest BCUT2D eigenvalue weighted by Crippen LogP contribution is -2.24. The Kier molecular flexibility index (Phi) is 7.14. The predicted octanol–water partition coefficient (Wildman–Crippen LogP) is 4.15. The van der Waals surface area contributed by atoms with Crippen LogP contribution in [0.4, 0.5) is 0 Å². The third kappa shape index (κ3) is 5.28. The first-order chi connectivity index (χ1) is 8.67. The second-order valence-corrected chi connectivity index (χ2v) is 4.92. The van der Waals surface area contributed by atoms with Crippen molar-refractivity contribution >= 4 is 11.6 Å². The van der Waals surface area contributed by atoms with E-state index in [4.69, 9.17) is 16.3 Å². The number of rotatable bonds is 8. The van der Waals surface area contributed by atoms with E-state index in [1.807, 2.05) is 25.1 Å². The molecule has 0 radical (unpaired) electrons. The van der Waals surface area contributed by atoms with Crippen LogP contribution in [0.2, 0.25) is 5.02 Å². The molecule has 0 heterocycles. The lowest BCUT2D eigenvalue weighted by Gasteiger charge is -2.17. The van der Waals surface area contributed by atoms with Gasteiger partial charge in [-0.05, 0) is 57.1 Å². The zero-order valence-corrected chi connectivity index (χ0v) is 12.5. The van der Waals surface area contributed by atoms with Gasteiger partial charge in [-0.15, -0.1) is 0 Å². The summed E-state index contributed by atoms with van der Waals surface area (Å²) in [5.41, 5.74) is 1.16. The topological polar surface area (TPSA) is 12.5 Å². The second-order valence-electron chi connectivity index (χ2n) is 4.52. The number of benzene rings is 1. The van der Waals surface area contributed by atoms with Crippen LogP contribution in [0.25, 0.3) is 0 Å². The highest BCUT2D eigenvalue weighted by molar-refractivity contribution is 6.32. The van der Waals surface area contributed by atoms with Crippen LogP contribution >= 0.6 is 11.6 Å². The average molecular weight is 270 g/mol. The number of ether oxygens (including phenoxy) is 1. The van der Waals surface area contributed by atoms with Crippen molar-refractivity contribution in [1.29, 1.82) is 0 Å². The summed E-state index contributed by atoms with van der Waals surface area (Å²) >= 11 is 6.10. The van der Waals surface area contributed by atoms with Crippen molar-refractivity contribution in [3.8, 4) is 5.75 Å². The van der Waals surface area contributed by atoms with Crippen LogP contribution in [0, 0.1) is 6.92 Å². The van der Waals surface area contributed by atoms with Gasteiger partial charge in [-0.1, -0.05) is 31.5 Å². The molecule has 0 spiro atoms. The standard InChI is InChI=1S/C15H24ClNO/c1-4-17(5-2)10-6-7-11-18-15-9-8-13(3)12-14(15)16/h8-9,12H,4-7,10-11H2,1-3H3. The zero-order valence-electron chi connectivity index (χ0n) is 11.7. The van der Waals surface area contributed by atoms with Gasteiger partial charge in [0.05, 0.1) is 11.6 Å². The summed E-state index contributed by atoms with van der Waals surface area (Å²) in [6.45, 7) is 10.6. The van der Waals surface area contributed by atoms with E-state index in [1.165, 1.54) is 6.42 Å². The molecule has 0 saturated carbocycles. The minimum Gasteiger partial charge on any atom is -0.492 e. The molecule has 0 aliphatic heterocycles. The first-order valence-electron chi connectivity index (χ1n) is 6.78. The molecule has 0 unspecified atom stereocenters. The zero-order chi connectivity index (χ0) is 13.4. The molecule has 1 aromatic rings. The number of unbranched alkanes of at least 4 members (excludes halogenated alkanes) is 1. The monoisotopic (exact) mass is 269 g/mol. The first kappa shape index (κ1) is 15.3. The fourth-order valence-corrected chi connectivity index (χ4v) is 2.17. The maximum absolute atomic E-state index is 6.10. The van der Waals surface area contributed by atoms with Gasteiger partial charge in [0.15, 0.2) is 0 Å². The summed E-state index contributed by atoms with van der Waals surface area (Å²) in [6.07, 6.45) is 2.24. The van der Waals surface area contributed by atoms with E-state index >= 15 is 0 Å². The van der Waals surface area contributed by atoms with Gasteiger partial charge in [-0.3, -0.25) is 0 Å². The Morgan fingerprint density at radius 3 is 2.50 bits per heavy atom. The van der Waals surface area contributed by atoms with Crippen molar-refractivity contribution in [2.75, 3.05) is 26.2 Å². The number of halogens is 1. The number of nitrogens with zero attached hydrogens (tertiary/aromatic N) is 1. The minimum atomic E-state index is 0.707. The van der Waals surface area contributed by atoms with Gasteiger partial charge in [-0.25, -0.2) is 0 Å². The van der Waals surface area contributed by atoms with Crippen LogP contribution in [0.5, 0.6) is 5.75 Å². The van der Waals surface area contributed by atoms with Crippen molar-refractivity contribution in [2.24, 2.45) is 0 Å². The molecule has 0 fully saturated rings. The van der Waals surface area contributed by atoms with E-state index in [0.29, 0.717) is 5.02 Å². The molecule has 18 heavy (non-hydrogen) atoms. The van der Waals surface area contributed by atoms with E-state index in [9.17, 15) is 0 Å². The van der Waals surface area contributed by atoms with Crippen molar-refractivity contribution < 1.29 is 4.74 Å². The maximum atomic E-state index is 6.10. The number of hydrogen-bond donors (Lipinski definition) is 0. The largest absolute Gasteiger partial charge is 0.492 e. The molecule has 0 aliphatic carbocycles. The molecule has 0 bridgehead atoms. The van der Waals surface area contributed by atoms with Crippen LogP contribution in [-0.2, 0) is 0 Å². The smallest absolute Gasteiger partial charge is 0.137 e. The van der Waals surface area contributed by atoms with E-state index in [1.54, 1.807) is 0 Å². The predicted molar refractivity (Wildman–Crippen MR) is 78.7 cm³/mol. The molecule has 0 aliphatic rings. The van der Waals surface area contributed by atoms with Gasteiger partial charge in [0.25, 0.3) is 0 Å². The Morgan fingerprint density at radius 1 is 1.17 bits per heavy atom. The summed E-state index contributed by atoms with van der Waals surface area (Å²) in [5, 5.41) is 0.707. The van der Waals surface area contributed by atoms with Gasteiger partial charge in [0, 0.05) is 0 Å². The van der Waals surface area contributed by atoms with Gasteiger partial charge in [0.2, 0.25) is 0 Å². The van der Waals surface area contributed by atoms with E-state index in [-0.39, 0.29) is 0 Å². The minimum absolute atomic E-state index is 0.707. The van der Waals surface area contributed by atoms with Gasteiger partial charge >= 0.3 is 0 Å². The summed E-state index contributed by atoms with van der Waals surface area (Å²) in [4.78, 5) is 2.43. The van der Waals surface area contributed by atoms with Crippen molar-refractivity contribution in [3.63, 3.8) is 0 Å². The highest BCUT2D eigenvalue weighted by Crippen LogP contribution is 2.25. The molecule has 1 rings (SSSR count). The highest BCUT2D eigenvalue weighted by atomic mass is 35.5. The van der Waals surface area contributed by atoms with E-state index in [0.717, 1.165) is 44.0 Å². The average Bonchev–Trinajstić information content (AvgIpc) is 2.36. The second kappa shape index (κ2) is 8.39. The van der Waals surface area contributed by atoms with Crippen molar-refractivity contribution in [1.82, 2.24) is 4.90 Å². The molecule has 0 atom stereocenters. The molecule has 0 amide bonds. The van der Waals surface area contributed by atoms with Crippen LogP contribution in [0.15, 0.2) is 18.2 Å². The Hall–Kier alpha value is -0.730. The lowest BCUT2D eigenvalue weighted by molar-refractivity contribution is 0.266. The summed E-state index contributed by atoms with van der Waals surface area (Å²) < 4.78 is 5.69. The molecular weight excluding hydrogens is 246 g/mol. The molecular formula is C15H24ClNO. The summed E-state index contributed by atoms with van der Waals surface area (Å²) in [7, 11) is 0. The number of aryl methyl sites for hydroxylation is 1. The highest BCUT2D eigenvalue weighted by Gasteiger charge is 2.02. The quantitative estimate of drug-likeness (QED) is 0.658. The Morgan fingerprint density at radius 2 is 1.89 bits per heavy atom. The third-order valence-electron chi connectivity index (χ3n) is 3.11. The first-order valence-corrected chi connectivity index (χ1v) is 7.16. The number of hydrogen-bond acceptors (Lipinski definition) is 2. The van der Waals surface area contributed by atoms with Crippen LogP contribution in [0.1, 0.15) is 32.3 Å². The van der Waals surface area contributed by atoms with Gasteiger partial charge < -0.3 is 9.64 Å². The van der Waals surface area contributed by atoms with Crippen LogP contribution < -0.4 is 4.74 Å². The van der Waals surface area contributed by atoms with E-state index < -0.39 is 0 Å². The third-order valence-corrected chi connectivity index (χ3v) is 3.40. The van der Waals surface area contributed by atoms with Crippen LogP contribution in [-0.4, -0.2) is 31.1 Å². The Balaban J connectivity index is 2.21. The van der Waals surface area contributed by atoms with E-state index in [2.05, 4.69) is 18.7 Å². The SMILES string of the molecule is CCN(CC)CCCCOc1ccc(C)cc1Cl.